The molecule has 0 amide bonds. The number of aromatic nitrogens is 3. The number of oxazole rings is 1. The van der Waals surface area contributed by atoms with Crippen LogP contribution in [0.4, 0.5) is 11.8 Å². The predicted molar refractivity (Wildman–Crippen MR) is 69.6 cm³/mol. The van der Waals surface area contributed by atoms with Crippen LogP contribution < -0.4 is 10.2 Å². The first-order valence-electron chi connectivity index (χ1n) is 5.75. The minimum Gasteiger partial charge on any atom is -0.444 e. The van der Waals surface area contributed by atoms with Gasteiger partial charge < -0.3 is 14.6 Å². The van der Waals surface area contributed by atoms with Crippen molar-refractivity contribution in [3.8, 4) is 0 Å². The van der Waals surface area contributed by atoms with Gasteiger partial charge in [-0.3, -0.25) is 0 Å². The summed E-state index contributed by atoms with van der Waals surface area (Å²) in [4.78, 5) is 14.6. The van der Waals surface area contributed by atoms with E-state index in [1.165, 1.54) is 0 Å². The molecular weight excluding hydrogens is 230 g/mol. The summed E-state index contributed by atoms with van der Waals surface area (Å²) in [6.45, 7) is 3.85. The van der Waals surface area contributed by atoms with Crippen LogP contribution in [-0.2, 0) is 0 Å². The molecule has 0 bridgehead atoms. The second-order valence-electron chi connectivity index (χ2n) is 4.31. The average molecular weight is 247 g/mol. The molecule has 0 aliphatic heterocycles. The van der Waals surface area contributed by atoms with Gasteiger partial charge in [0.25, 0.3) is 0 Å². The maximum Gasteiger partial charge on any atom is 0.226 e. The lowest BCUT2D eigenvalue weighted by molar-refractivity contribution is 0.453. The van der Waals surface area contributed by atoms with E-state index in [0.29, 0.717) is 11.8 Å². The van der Waals surface area contributed by atoms with Gasteiger partial charge in [0.1, 0.15) is 17.6 Å². The molecule has 1 unspecified atom stereocenters. The molecular formula is C12H17N5O. The van der Waals surface area contributed by atoms with Gasteiger partial charge in [-0.05, 0) is 19.9 Å². The fraction of sp³-hybridized carbons (Fsp3) is 0.417. The smallest absolute Gasteiger partial charge is 0.226 e. The van der Waals surface area contributed by atoms with E-state index >= 15 is 0 Å². The van der Waals surface area contributed by atoms with Gasteiger partial charge in [0.15, 0.2) is 0 Å². The van der Waals surface area contributed by atoms with Gasteiger partial charge in [-0.2, -0.15) is 4.98 Å². The van der Waals surface area contributed by atoms with Crippen LogP contribution in [-0.4, -0.2) is 29.0 Å². The monoisotopic (exact) mass is 247 g/mol. The lowest BCUT2D eigenvalue weighted by Gasteiger charge is -2.14. The van der Waals surface area contributed by atoms with Gasteiger partial charge in [0.2, 0.25) is 11.8 Å². The average Bonchev–Trinajstić information content (AvgIpc) is 2.76. The highest BCUT2D eigenvalue weighted by Gasteiger charge is 2.12. The quantitative estimate of drug-likeness (QED) is 0.891. The molecule has 0 saturated carbocycles. The SMILES string of the molecule is Cc1cnc(C(C)Nc2ccnc(N(C)C)n2)o1. The zero-order valence-corrected chi connectivity index (χ0v) is 11.0. The summed E-state index contributed by atoms with van der Waals surface area (Å²) < 4.78 is 5.47. The predicted octanol–water partition coefficient (Wildman–Crippen LogP) is 2.01. The Morgan fingerprint density at radius 1 is 1.33 bits per heavy atom. The Balaban J connectivity index is 2.11. The molecule has 0 aliphatic rings. The van der Waals surface area contributed by atoms with Gasteiger partial charge in [-0.25, -0.2) is 9.97 Å². The van der Waals surface area contributed by atoms with Crippen molar-refractivity contribution in [2.24, 2.45) is 0 Å². The third-order valence-corrected chi connectivity index (χ3v) is 2.42. The molecule has 0 fully saturated rings. The van der Waals surface area contributed by atoms with Crippen LogP contribution in [0.25, 0.3) is 0 Å². The van der Waals surface area contributed by atoms with Crippen LogP contribution in [0.2, 0.25) is 0 Å². The molecule has 18 heavy (non-hydrogen) atoms. The van der Waals surface area contributed by atoms with Crippen molar-refractivity contribution < 1.29 is 4.42 Å². The maximum atomic E-state index is 5.47. The molecule has 0 spiro atoms. The summed E-state index contributed by atoms with van der Waals surface area (Å²) in [6.07, 6.45) is 3.43. The summed E-state index contributed by atoms with van der Waals surface area (Å²) in [7, 11) is 3.81. The summed E-state index contributed by atoms with van der Waals surface area (Å²) in [6, 6.07) is 1.78. The summed E-state index contributed by atoms with van der Waals surface area (Å²) in [5.41, 5.74) is 0. The molecule has 1 atom stereocenters. The second kappa shape index (κ2) is 5.03. The summed E-state index contributed by atoms with van der Waals surface area (Å²) in [5, 5.41) is 3.23. The Morgan fingerprint density at radius 3 is 2.72 bits per heavy atom. The lowest BCUT2D eigenvalue weighted by Crippen LogP contribution is -2.14. The highest BCUT2D eigenvalue weighted by molar-refractivity contribution is 5.41. The highest BCUT2D eigenvalue weighted by atomic mass is 16.4. The van der Waals surface area contributed by atoms with Crippen LogP contribution in [0.5, 0.6) is 0 Å². The summed E-state index contributed by atoms with van der Waals surface area (Å²) >= 11 is 0. The Labute approximate surface area is 106 Å². The van der Waals surface area contributed by atoms with Crippen LogP contribution >= 0.6 is 0 Å². The largest absolute Gasteiger partial charge is 0.444 e. The molecule has 2 aromatic rings. The maximum absolute atomic E-state index is 5.47. The third kappa shape index (κ3) is 2.77. The number of nitrogens with zero attached hydrogens (tertiary/aromatic N) is 4. The standard InChI is InChI=1S/C12H17N5O/c1-8-7-14-11(18-8)9(2)15-10-5-6-13-12(16-10)17(3)4/h5-7,9H,1-4H3,(H,13,15,16). The molecule has 0 aliphatic carbocycles. The van der Waals surface area contributed by atoms with Gasteiger partial charge in [0, 0.05) is 20.3 Å². The van der Waals surface area contributed by atoms with Crippen molar-refractivity contribution >= 4 is 11.8 Å². The van der Waals surface area contributed by atoms with Gasteiger partial charge in [0.05, 0.1) is 6.20 Å². The summed E-state index contributed by atoms with van der Waals surface area (Å²) in [5.74, 6) is 2.86. The van der Waals surface area contributed by atoms with E-state index in [1.54, 1.807) is 12.4 Å². The third-order valence-electron chi connectivity index (χ3n) is 2.42. The number of hydrogen-bond acceptors (Lipinski definition) is 6. The molecule has 2 heterocycles. The van der Waals surface area contributed by atoms with Gasteiger partial charge in [-0.1, -0.05) is 0 Å². The van der Waals surface area contributed by atoms with E-state index in [1.807, 2.05) is 38.9 Å². The van der Waals surface area contributed by atoms with Crippen LogP contribution in [0.15, 0.2) is 22.9 Å². The molecule has 96 valence electrons. The number of anilines is 2. The minimum atomic E-state index is -0.0383. The van der Waals surface area contributed by atoms with Crippen LogP contribution in [0.3, 0.4) is 0 Å². The van der Waals surface area contributed by atoms with E-state index in [4.69, 9.17) is 4.42 Å². The van der Waals surface area contributed by atoms with E-state index in [9.17, 15) is 0 Å². The first-order valence-corrected chi connectivity index (χ1v) is 5.75. The zero-order chi connectivity index (χ0) is 13.1. The Morgan fingerprint density at radius 2 is 2.11 bits per heavy atom. The molecule has 0 saturated heterocycles. The topological polar surface area (TPSA) is 67.1 Å². The fourth-order valence-corrected chi connectivity index (χ4v) is 1.50. The number of rotatable bonds is 4. The van der Waals surface area contributed by atoms with E-state index < -0.39 is 0 Å². The molecule has 0 radical (unpaired) electrons. The van der Waals surface area contributed by atoms with Crippen LogP contribution in [0.1, 0.15) is 24.6 Å². The Bertz CT molecular complexity index is 523. The zero-order valence-electron chi connectivity index (χ0n) is 11.0. The first kappa shape index (κ1) is 12.3. The molecule has 0 aromatic carbocycles. The van der Waals surface area contributed by atoms with Crippen LogP contribution in [0, 0.1) is 6.92 Å². The molecule has 6 heteroatoms. The van der Waals surface area contributed by atoms with Crippen molar-refractivity contribution in [3.05, 3.63) is 30.1 Å². The van der Waals surface area contributed by atoms with Crippen molar-refractivity contribution in [1.29, 1.82) is 0 Å². The Hall–Kier alpha value is -2.11. The number of aryl methyl sites for hydroxylation is 1. The van der Waals surface area contributed by atoms with E-state index in [2.05, 4.69) is 20.3 Å². The van der Waals surface area contributed by atoms with E-state index in [0.717, 1.165) is 11.6 Å². The molecule has 2 rings (SSSR count). The molecule has 1 N–H and O–H groups in total. The van der Waals surface area contributed by atoms with Gasteiger partial charge >= 0.3 is 0 Å². The number of nitrogens with one attached hydrogen (secondary N) is 1. The fourth-order valence-electron chi connectivity index (χ4n) is 1.50. The van der Waals surface area contributed by atoms with E-state index in [-0.39, 0.29) is 6.04 Å². The van der Waals surface area contributed by atoms with Crippen molar-refractivity contribution in [2.45, 2.75) is 19.9 Å². The second-order valence-corrected chi connectivity index (χ2v) is 4.31. The lowest BCUT2D eigenvalue weighted by atomic mass is 10.3. The van der Waals surface area contributed by atoms with Crippen molar-refractivity contribution in [2.75, 3.05) is 24.3 Å². The molecule has 2 aromatic heterocycles. The normalized spacial score (nSPS) is 12.2. The Kier molecular flexibility index (Phi) is 3.45. The molecule has 6 nitrogen and oxygen atoms in total. The van der Waals surface area contributed by atoms with Crippen molar-refractivity contribution in [3.63, 3.8) is 0 Å². The number of hydrogen-bond donors (Lipinski definition) is 1. The minimum absolute atomic E-state index is 0.0383. The van der Waals surface area contributed by atoms with Gasteiger partial charge in [-0.15, -0.1) is 0 Å². The van der Waals surface area contributed by atoms with Crippen molar-refractivity contribution in [1.82, 2.24) is 15.0 Å². The first-order chi connectivity index (χ1) is 8.56. The highest BCUT2D eigenvalue weighted by Crippen LogP contribution is 2.18.